The van der Waals surface area contributed by atoms with Crippen molar-refractivity contribution in [3.05, 3.63) is 60.9 Å². The molecule has 10 heteroatoms. The number of fused-ring (bicyclic) bond motifs is 1. The van der Waals surface area contributed by atoms with Crippen LogP contribution in [0.2, 0.25) is 0 Å². The van der Waals surface area contributed by atoms with Crippen LogP contribution >= 0.6 is 11.8 Å². The maximum atomic E-state index is 6.11. The highest BCUT2D eigenvalue weighted by Gasteiger charge is 2.16. The fraction of sp³-hybridized carbons (Fsp3) is 0. The molecule has 0 spiro atoms. The van der Waals surface area contributed by atoms with Crippen molar-refractivity contribution in [2.75, 3.05) is 5.84 Å². The number of furan rings is 1. The molecule has 0 fully saturated rings. The molecule has 0 atom stereocenters. The Morgan fingerprint density at radius 3 is 2.52 bits per heavy atom. The van der Waals surface area contributed by atoms with Crippen molar-refractivity contribution in [1.29, 1.82) is 0 Å². The Balaban J connectivity index is 1.51. The first-order valence-electron chi connectivity index (χ1n) is 8.00. The number of rotatable bonds is 4. The van der Waals surface area contributed by atoms with Gasteiger partial charge in [-0.15, -0.1) is 20.4 Å². The molecule has 132 valence electrons. The van der Waals surface area contributed by atoms with Gasteiger partial charge in [0, 0.05) is 5.56 Å². The Hall–Kier alpha value is -3.66. The smallest absolute Gasteiger partial charge is 0.218 e. The molecular formula is C17H12N8OS. The molecule has 0 aliphatic rings. The lowest BCUT2D eigenvalue weighted by Crippen LogP contribution is -2.11. The van der Waals surface area contributed by atoms with Crippen molar-refractivity contribution in [1.82, 2.24) is 34.7 Å². The minimum Gasteiger partial charge on any atom is -0.461 e. The summed E-state index contributed by atoms with van der Waals surface area (Å²) in [5.41, 5.74) is 1.59. The molecule has 0 saturated heterocycles. The normalized spacial score (nSPS) is 11.3. The quantitative estimate of drug-likeness (QED) is 0.476. The zero-order valence-corrected chi connectivity index (χ0v) is 14.6. The fourth-order valence-corrected chi connectivity index (χ4v) is 3.32. The standard InChI is InChI=1S/C17H12N8OS/c18-24-16(12-7-4-10-26-12)21-22-17(24)27-14-9-8-13-19-20-15(25(13)23-14)11-5-2-1-3-6-11/h1-10H,18H2. The summed E-state index contributed by atoms with van der Waals surface area (Å²) in [5.74, 6) is 7.76. The summed E-state index contributed by atoms with van der Waals surface area (Å²) in [4.78, 5) is 0. The van der Waals surface area contributed by atoms with Crippen LogP contribution in [0.15, 0.2) is 75.5 Å². The van der Waals surface area contributed by atoms with Crippen molar-refractivity contribution in [3.8, 4) is 23.0 Å². The number of nitrogen functional groups attached to an aromatic ring is 1. The van der Waals surface area contributed by atoms with E-state index in [1.54, 1.807) is 22.9 Å². The maximum Gasteiger partial charge on any atom is 0.218 e. The van der Waals surface area contributed by atoms with Gasteiger partial charge >= 0.3 is 0 Å². The van der Waals surface area contributed by atoms with Crippen LogP contribution in [-0.4, -0.2) is 34.7 Å². The van der Waals surface area contributed by atoms with Gasteiger partial charge in [0.15, 0.2) is 17.2 Å². The monoisotopic (exact) mass is 376 g/mol. The van der Waals surface area contributed by atoms with Gasteiger partial charge in [-0.25, -0.2) is 4.68 Å². The van der Waals surface area contributed by atoms with Crippen LogP contribution in [0.1, 0.15) is 0 Å². The highest BCUT2D eigenvalue weighted by atomic mass is 32.2. The summed E-state index contributed by atoms with van der Waals surface area (Å²) >= 11 is 1.29. The summed E-state index contributed by atoms with van der Waals surface area (Å²) < 4.78 is 8.40. The zero-order chi connectivity index (χ0) is 18.2. The summed E-state index contributed by atoms with van der Waals surface area (Å²) in [7, 11) is 0. The van der Waals surface area contributed by atoms with Gasteiger partial charge in [-0.2, -0.15) is 9.61 Å². The van der Waals surface area contributed by atoms with Gasteiger partial charge in [0.05, 0.1) is 6.26 Å². The van der Waals surface area contributed by atoms with Crippen LogP contribution in [0.4, 0.5) is 0 Å². The third-order valence-electron chi connectivity index (χ3n) is 3.87. The van der Waals surface area contributed by atoms with E-state index in [1.807, 2.05) is 42.5 Å². The Morgan fingerprint density at radius 1 is 0.852 bits per heavy atom. The van der Waals surface area contributed by atoms with Gasteiger partial charge in [0.25, 0.3) is 0 Å². The number of aromatic nitrogens is 7. The van der Waals surface area contributed by atoms with Gasteiger partial charge in [0.2, 0.25) is 11.0 Å². The molecule has 4 aromatic heterocycles. The van der Waals surface area contributed by atoms with E-state index in [1.165, 1.54) is 16.4 Å². The molecule has 0 saturated carbocycles. The summed E-state index contributed by atoms with van der Waals surface area (Å²) in [6.07, 6.45) is 1.56. The summed E-state index contributed by atoms with van der Waals surface area (Å²) in [5, 5.41) is 22.4. The Morgan fingerprint density at radius 2 is 1.70 bits per heavy atom. The van der Waals surface area contributed by atoms with Crippen molar-refractivity contribution in [3.63, 3.8) is 0 Å². The van der Waals surface area contributed by atoms with E-state index in [0.29, 0.717) is 33.2 Å². The lowest BCUT2D eigenvalue weighted by molar-refractivity contribution is 0.574. The summed E-state index contributed by atoms with van der Waals surface area (Å²) in [6.45, 7) is 0. The van der Waals surface area contributed by atoms with E-state index >= 15 is 0 Å². The summed E-state index contributed by atoms with van der Waals surface area (Å²) in [6, 6.07) is 17.0. The highest BCUT2D eigenvalue weighted by Crippen LogP contribution is 2.27. The van der Waals surface area contributed by atoms with E-state index in [9.17, 15) is 0 Å². The Labute approximate surface area is 156 Å². The molecule has 0 aliphatic heterocycles. The average molecular weight is 376 g/mol. The second kappa shape index (κ2) is 6.25. The predicted octanol–water partition coefficient (Wildman–Crippen LogP) is 2.51. The highest BCUT2D eigenvalue weighted by molar-refractivity contribution is 7.99. The van der Waals surface area contributed by atoms with Gasteiger partial charge < -0.3 is 10.3 Å². The molecule has 5 rings (SSSR count). The molecule has 0 amide bonds. The van der Waals surface area contributed by atoms with Crippen LogP contribution in [-0.2, 0) is 0 Å². The second-order valence-electron chi connectivity index (χ2n) is 5.59. The van der Waals surface area contributed by atoms with Crippen molar-refractivity contribution < 1.29 is 4.42 Å². The number of hydrogen-bond acceptors (Lipinski definition) is 8. The number of nitrogens with zero attached hydrogens (tertiary/aromatic N) is 7. The molecule has 0 radical (unpaired) electrons. The van der Waals surface area contributed by atoms with Crippen molar-refractivity contribution in [2.24, 2.45) is 0 Å². The first-order chi connectivity index (χ1) is 13.3. The number of benzene rings is 1. The van der Waals surface area contributed by atoms with Gasteiger partial charge in [-0.1, -0.05) is 30.3 Å². The molecule has 2 N–H and O–H groups in total. The average Bonchev–Trinajstić information content (AvgIpc) is 3.43. The first-order valence-corrected chi connectivity index (χ1v) is 8.81. The van der Waals surface area contributed by atoms with E-state index < -0.39 is 0 Å². The van der Waals surface area contributed by atoms with Crippen LogP contribution in [0, 0.1) is 0 Å². The van der Waals surface area contributed by atoms with Crippen LogP contribution < -0.4 is 5.84 Å². The molecule has 9 nitrogen and oxygen atoms in total. The van der Waals surface area contributed by atoms with E-state index in [-0.39, 0.29) is 0 Å². The lowest BCUT2D eigenvalue weighted by Gasteiger charge is -2.03. The maximum absolute atomic E-state index is 6.11. The number of hydrogen-bond donors (Lipinski definition) is 1. The predicted molar refractivity (Wildman–Crippen MR) is 98.2 cm³/mol. The molecule has 1 aromatic carbocycles. The molecule has 4 heterocycles. The van der Waals surface area contributed by atoms with Gasteiger partial charge in [0.1, 0.15) is 5.03 Å². The third-order valence-corrected chi connectivity index (χ3v) is 4.76. The molecule has 0 unspecified atom stereocenters. The third kappa shape index (κ3) is 2.72. The SMILES string of the molecule is Nn1c(Sc2ccc3nnc(-c4ccccc4)n3n2)nnc1-c1ccco1. The number of nitrogens with two attached hydrogens (primary N) is 1. The Kier molecular flexibility index (Phi) is 3.61. The first kappa shape index (κ1) is 15.6. The minimum absolute atomic E-state index is 0.442. The van der Waals surface area contributed by atoms with Gasteiger partial charge in [-0.05, 0) is 36.0 Å². The molecule has 0 aliphatic carbocycles. The molecule has 0 bridgehead atoms. The Bertz CT molecular complexity index is 1210. The van der Waals surface area contributed by atoms with Crippen LogP contribution in [0.3, 0.4) is 0 Å². The molecular weight excluding hydrogens is 364 g/mol. The van der Waals surface area contributed by atoms with E-state index in [4.69, 9.17) is 10.3 Å². The van der Waals surface area contributed by atoms with Crippen molar-refractivity contribution in [2.45, 2.75) is 10.2 Å². The largest absolute Gasteiger partial charge is 0.461 e. The second-order valence-corrected chi connectivity index (χ2v) is 6.57. The zero-order valence-electron chi connectivity index (χ0n) is 13.8. The van der Waals surface area contributed by atoms with Crippen LogP contribution in [0.25, 0.3) is 28.6 Å². The lowest BCUT2D eigenvalue weighted by atomic mass is 10.2. The minimum atomic E-state index is 0.442. The van der Waals surface area contributed by atoms with E-state index in [0.717, 1.165) is 5.56 Å². The topological polar surface area (TPSA) is 113 Å². The van der Waals surface area contributed by atoms with Crippen molar-refractivity contribution >= 4 is 17.4 Å². The molecule has 5 aromatic rings. The molecule has 27 heavy (non-hydrogen) atoms. The fourth-order valence-electron chi connectivity index (χ4n) is 2.61. The van der Waals surface area contributed by atoms with Crippen LogP contribution in [0.5, 0.6) is 0 Å². The van der Waals surface area contributed by atoms with Gasteiger partial charge in [-0.3, -0.25) is 0 Å². The van der Waals surface area contributed by atoms with E-state index in [2.05, 4.69) is 25.5 Å².